The van der Waals surface area contributed by atoms with Crippen molar-refractivity contribution in [1.82, 2.24) is 19.6 Å². The molecule has 1 aliphatic carbocycles. The summed E-state index contributed by atoms with van der Waals surface area (Å²) in [5.41, 5.74) is 1.99. The lowest BCUT2D eigenvalue weighted by atomic mass is 10.1. The number of rotatable bonds is 5. The number of carbonyl (C=O) groups is 1. The maximum absolute atomic E-state index is 12.8. The van der Waals surface area contributed by atoms with Crippen LogP contribution in [-0.2, 0) is 15.4 Å². The molecule has 0 radical (unpaired) electrons. The molecule has 2 aromatic rings. The van der Waals surface area contributed by atoms with E-state index in [9.17, 15) is 18.0 Å². The SMILES string of the molecule is CSc1nnc(C2(C)CC2Cl)c(=O)n1NC(=O)NS(=O)(=O)c1ccc(C)cc1. The molecular weight excluding hydrogens is 426 g/mol. The predicted molar refractivity (Wildman–Crippen MR) is 106 cm³/mol. The van der Waals surface area contributed by atoms with Crippen LogP contribution in [0, 0.1) is 6.92 Å². The van der Waals surface area contributed by atoms with Gasteiger partial charge >= 0.3 is 6.03 Å². The molecule has 2 atom stereocenters. The summed E-state index contributed by atoms with van der Waals surface area (Å²) < 4.78 is 27.5. The minimum atomic E-state index is -4.11. The van der Waals surface area contributed by atoms with Crippen LogP contribution in [0.25, 0.3) is 0 Å². The normalized spacial score (nSPS) is 21.2. The van der Waals surface area contributed by atoms with E-state index in [1.165, 1.54) is 12.1 Å². The Labute approximate surface area is 170 Å². The number of nitrogens with zero attached hydrogens (tertiary/aromatic N) is 3. The summed E-state index contributed by atoms with van der Waals surface area (Å²) in [6.07, 6.45) is 2.20. The molecule has 0 spiro atoms. The van der Waals surface area contributed by atoms with Gasteiger partial charge in [-0.3, -0.25) is 4.79 Å². The minimum Gasteiger partial charge on any atom is -0.265 e. The fourth-order valence-corrected chi connectivity index (χ4v) is 4.30. The number of thioether (sulfide) groups is 1. The number of hydrogen-bond acceptors (Lipinski definition) is 7. The quantitative estimate of drug-likeness (QED) is 0.531. The third-order valence-corrected chi connectivity index (χ3v) is 7.07. The topological polar surface area (TPSA) is 123 Å². The molecule has 3 rings (SSSR count). The van der Waals surface area contributed by atoms with Gasteiger partial charge in [0, 0.05) is 10.8 Å². The number of benzene rings is 1. The molecule has 150 valence electrons. The smallest absolute Gasteiger partial charge is 0.265 e. The summed E-state index contributed by atoms with van der Waals surface area (Å²) in [6.45, 7) is 3.59. The van der Waals surface area contributed by atoms with Crippen molar-refractivity contribution in [2.75, 3.05) is 11.7 Å². The molecule has 28 heavy (non-hydrogen) atoms. The van der Waals surface area contributed by atoms with Crippen molar-refractivity contribution in [3.63, 3.8) is 0 Å². The highest BCUT2D eigenvalue weighted by Crippen LogP contribution is 2.49. The Balaban J connectivity index is 1.87. The number of aromatic nitrogens is 3. The second-order valence-electron chi connectivity index (χ2n) is 6.62. The van der Waals surface area contributed by atoms with Crippen LogP contribution in [0.15, 0.2) is 39.1 Å². The van der Waals surface area contributed by atoms with Crippen LogP contribution in [0.4, 0.5) is 4.79 Å². The molecule has 0 aliphatic heterocycles. The number of sulfonamides is 1. The highest BCUT2D eigenvalue weighted by Gasteiger charge is 2.54. The molecule has 1 aromatic heterocycles. The van der Waals surface area contributed by atoms with Crippen molar-refractivity contribution < 1.29 is 13.2 Å². The van der Waals surface area contributed by atoms with Gasteiger partial charge in [0.1, 0.15) is 5.69 Å². The van der Waals surface area contributed by atoms with Crippen molar-refractivity contribution in [3.8, 4) is 0 Å². The number of halogens is 1. The van der Waals surface area contributed by atoms with E-state index in [-0.39, 0.29) is 21.1 Å². The van der Waals surface area contributed by atoms with E-state index in [4.69, 9.17) is 11.6 Å². The Bertz CT molecular complexity index is 1090. The van der Waals surface area contributed by atoms with Crippen molar-refractivity contribution in [3.05, 3.63) is 45.9 Å². The van der Waals surface area contributed by atoms with Crippen LogP contribution in [0.3, 0.4) is 0 Å². The third-order valence-electron chi connectivity index (χ3n) is 4.46. The molecule has 1 aliphatic rings. The number of amides is 2. The molecule has 2 N–H and O–H groups in total. The number of urea groups is 1. The fraction of sp³-hybridized carbons (Fsp3) is 0.375. The monoisotopic (exact) mass is 443 g/mol. The molecular formula is C16H18ClN5O4S2. The number of alkyl halides is 1. The molecule has 0 bridgehead atoms. The Hall–Kier alpha value is -2.11. The maximum atomic E-state index is 12.8. The number of aryl methyl sites for hydroxylation is 1. The van der Waals surface area contributed by atoms with E-state index in [2.05, 4.69) is 15.6 Å². The molecule has 1 heterocycles. The number of hydrogen-bond donors (Lipinski definition) is 2. The van der Waals surface area contributed by atoms with Gasteiger partial charge in [-0.15, -0.1) is 21.8 Å². The Morgan fingerprint density at radius 3 is 2.46 bits per heavy atom. The lowest BCUT2D eigenvalue weighted by molar-refractivity contribution is 0.253. The van der Waals surface area contributed by atoms with Gasteiger partial charge in [-0.2, -0.15) is 4.68 Å². The third kappa shape index (κ3) is 3.87. The first-order valence-corrected chi connectivity index (χ1v) is 11.3. The van der Waals surface area contributed by atoms with E-state index < -0.39 is 27.0 Å². The van der Waals surface area contributed by atoms with Crippen molar-refractivity contribution in [2.45, 2.75) is 41.1 Å². The summed E-state index contributed by atoms with van der Waals surface area (Å²) in [4.78, 5) is 25.0. The van der Waals surface area contributed by atoms with Gasteiger partial charge in [0.2, 0.25) is 5.16 Å². The molecule has 2 amide bonds. The summed E-state index contributed by atoms with van der Waals surface area (Å²) in [5.74, 6) is 0. The van der Waals surface area contributed by atoms with Crippen molar-refractivity contribution >= 4 is 39.4 Å². The van der Waals surface area contributed by atoms with Crippen LogP contribution in [0.5, 0.6) is 0 Å². The van der Waals surface area contributed by atoms with Crippen LogP contribution in [0.1, 0.15) is 24.6 Å². The van der Waals surface area contributed by atoms with Gasteiger partial charge in [-0.25, -0.2) is 23.4 Å². The molecule has 2 unspecified atom stereocenters. The first kappa shape index (κ1) is 20.6. The zero-order valence-corrected chi connectivity index (χ0v) is 17.7. The second kappa shape index (κ2) is 7.37. The average molecular weight is 444 g/mol. The van der Waals surface area contributed by atoms with Gasteiger partial charge in [-0.05, 0) is 31.7 Å². The van der Waals surface area contributed by atoms with E-state index in [1.54, 1.807) is 25.3 Å². The zero-order valence-electron chi connectivity index (χ0n) is 15.3. The molecule has 12 heteroatoms. The Morgan fingerprint density at radius 2 is 1.93 bits per heavy atom. The summed E-state index contributed by atoms with van der Waals surface area (Å²) in [6, 6.07) is 4.89. The molecule has 1 saturated carbocycles. The fourth-order valence-electron chi connectivity index (χ4n) is 2.54. The van der Waals surface area contributed by atoms with Gasteiger partial charge < -0.3 is 0 Å². The van der Waals surface area contributed by atoms with Crippen LogP contribution < -0.4 is 15.7 Å². The van der Waals surface area contributed by atoms with Crippen LogP contribution in [-0.4, -0.2) is 41.0 Å². The first-order chi connectivity index (χ1) is 13.1. The molecule has 1 fully saturated rings. The maximum Gasteiger partial charge on any atom is 0.347 e. The Kier molecular flexibility index (Phi) is 5.43. The average Bonchev–Trinajstić information content (AvgIpc) is 3.24. The van der Waals surface area contributed by atoms with Gasteiger partial charge in [0.15, 0.2) is 0 Å². The van der Waals surface area contributed by atoms with Crippen LogP contribution in [0.2, 0.25) is 0 Å². The highest BCUT2D eigenvalue weighted by atomic mass is 35.5. The summed E-state index contributed by atoms with van der Waals surface area (Å²) >= 11 is 7.17. The lowest BCUT2D eigenvalue weighted by Gasteiger charge is -2.15. The van der Waals surface area contributed by atoms with Crippen LogP contribution >= 0.6 is 23.4 Å². The van der Waals surface area contributed by atoms with Gasteiger partial charge in [-0.1, -0.05) is 36.4 Å². The van der Waals surface area contributed by atoms with E-state index >= 15 is 0 Å². The minimum absolute atomic E-state index is 0.0743. The molecule has 0 saturated heterocycles. The van der Waals surface area contributed by atoms with E-state index in [0.717, 1.165) is 22.0 Å². The summed E-state index contributed by atoms with van der Waals surface area (Å²) in [7, 11) is -4.11. The standard InChI is InChI=1S/C16H18ClN5O4S2/c1-9-4-6-10(7-5-9)28(25,26)21-14(24)20-22-13(23)12(16(2)8-11(16)17)18-19-15(22)27-3/h4-7,11H,8H2,1-3H3,(H2,20,21,24). The Morgan fingerprint density at radius 1 is 1.32 bits per heavy atom. The largest absolute Gasteiger partial charge is 0.347 e. The van der Waals surface area contributed by atoms with Crippen molar-refractivity contribution in [2.24, 2.45) is 0 Å². The van der Waals surface area contributed by atoms with E-state index in [1.807, 2.05) is 11.6 Å². The predicted octanol–water partition coefficient (Wildman–Crippen LogP) is 1.58. The van der Waals surface area contributed by atoms with Gasteiger partial charge in [0.25, 0.3) is 15.6 Å². The van der Waals surface area contributed by atoms with Gasteiger partial charge in [0.05, 0.1) is 4.90 Å². The molecule has 1 aromatic carbocycles. The highest BCUT2D eigenvalue weighted by molar-refractivity contribution is 7.98. The number of nitrogens with one attached hydrogen (secondary N) is 2. The molecule has 9 nitrogen and oxygen atoms in total. The van der Waals surface area contributed by atoms with Crippen molar-refractivity contribution in [1.29, 1.82) is 0 Å². The zero-order chi connectivity index (χ0) is 20.7. The lowest BCUT2D eigenvalue weighted by Crippen LogP contribution is -2.44. The second-order valence-corrected chi connectivity index (χ2v) is 9.61. The summed E-state index contributed by atoms with van der Waals surface area (Å²) in [5, 5.41) is 7.75. The first-order valence-electron chi connectivity index (χ1n) is 8.17. The van der Waals surface area contributed by atoms with E-state index in [0.29, 0.717) is 6.42 Å². The number of carbonyl (C=O) groups excluding carboxylic acids is 1.